The predicted octanol–water partition coefficient (Wildman–Crippen LogP) is 1.06. The lowest BCUT2D eigenvalue weighted by Crippen LogP contribution is -2.35. The van der Waals surface area contributed by atoms with Gasteiger partial charge in [0.25, 0.3) is 5.91 Å². The lowest BCUT2D eigenvalue weighted by molar-refractivity contribution is -0.118. The van der Waals surface area contributed by atoms with E-state index in [2.05, 4.69) is 5.32 Å². The minimum atomic E-state index is -0.528. The van der Waals surface area contributed by atoms with E-state index in [4.69, 9.17) is 5.73 Å². The minimum Gasteiger partial charge on any atom is -0.382 e. The van der Waals surface area contributed by atoms with Gasteiger partial charge in [-0.3, -0.25) is 9.59 Å². The highest BCUT2D eigenvalue weighted by Gasteiger charge is 2.16. The predicted molar refractivity (Wildman–Crippen MR) is 71.4 cm³/mol. The number of primary amides is 1. The summed E-state index contributed by atoms with van der Waals surface area (Å²) in [6.45, 7) is 3.90. The molecule has 0 radical (unpaired) electrons. The van der Waals surface area contributed by atoms with E-state index in [1.807, 2.05) is 26.0 Å². The molecular weight excluding hydrogens is 230 g/mol. The third-order valence-electron chi connectivity index (χ3n) is 2.34. The normalized spacial score (nSPS) is 10.2. The molecule has 0 saturated heterocycles. The molecule has 3 N–H and O–H groups in total. The minimum absolute atomic E-state index is 0.0884. The number of amides is 2. The second-order valence-corrected chi connectivity index (χ2v) is 4.47. The number of likely N-dealkylation sites (N-methyl/N-ethyl adjacent to an activating group) is 1. The average molecular weight is 249 g/mol. The van der Waals surface area contributed by atoms with Crippen LogP contribution in [0.4, 0.5) is 5.69 Å². The van der Waals surface area contributed by atoms with Gasteiger partial charge in [-0.1, -0.05) is 12.1 Å². The molecule has 0 atom stereocenters. The van der Waals surface area contributed by atoms with Crippen molar-refractivity contribution in [2.75, 3.05) is 18.9 Å². The lowest BCUT2D eigenvalue weighted by atomic mass is 10.1. The first-order chi connectivity index (χ1) is 8.41. The van der Waals surface area contributed by atoms with Crippen LogP contribution in [0.25, 0.3) is 0 Å². The zero-order valence-corrected chi connectivity index (χ0v) is 10.9. The van der Waals surface area contributed by atoms with Crippen molar-refractivity contribution in [1.82, 2.24) is 4.90 Å². The van der Waals surface area contributed by atoms with Crippen LogP contribution >= 0.6 is 0 Å². The monoisotopic (exact) mass is 249 g/mol. The van der Waals surface area contributed by atoms with Crippen molar-refractivity contribution in [3.05, 3.63) is 29.8 Å². The van der Waals surface area contributed by atoms with E-state index in [-0.39, 0.29) is 18.5 Å². The first kappa shape index (κ1) is 14.0. The third-order valence-corrected chi connectivity index (χ3v) is 2.34. The molecule has 0 aliphatic carbocycles. The number of nitrogens with two attached hydrogens (primary N) is 1. The van der Waals surface area contributed by atoms with Gasteiger partial charge in [0.2, 0.25) is 5.91 Å². The molecule has 2 amide bonds. The molecule has 0 fully saturated rings. The number of benzene rings is 1. The van der Waals surface area contributed by atoms with E-state index < -0.39 is 5.91 Å². The van der Waals surface area contributed by atoms with Crippen molar-refractivity contribution in [1.29, 1.82) is 0 Å². The fourth-order valence-electron chi connectivity index (χ4n) is 1.62. The Morgan fingerprint density at radius 2 is 1.94 bits per heavy atom. The summed E-state index contributed by atoms with van der Waals surface area (Å²) in [6, 6.07) is 7.43. The Labute approximate surface area is 107 Å². The molecule has 0 heterocycles. The number of carbonyl (C=O) groups is 2. The van der Waals surface area contributed by atoms with Gasteiger partial charge in [0, 0.05) is 18.8 Å². The molecule has 0 unspecified atom stereocenters. The highest BCUT2D eigenvalue weighted by Crippen LogP contribution is 2.17. The molecule has 0 aliphatic heterocycles. The van der Waals surface area contributed by atoms with E-state index in [0.29, 0.717) is 5.56 Å². The van der Waals surface area contributed by atoms with Gasteiger partial charge in [-0.2, -0.15) is 0 Å². The maximum Gasteiger partial charge on any atom is 0.256 e. The summed E-state index contributed by atoms with van der Waals surface area (Å²) < 4.78 is 0. The van der Waals surface area contributed by atoms with Gasteiger partial charge in [0.1, 0.15) is 0 Å². The van der Waals surface area contributed by atoms with Gasteiger partial charge in [-0.05, 0) is 26.0 Å². The van der Waals surface area contributed by atoms with E-state index in [1.165, 1.54) is 4.90 Å². The third kappa shape index (κ3) is 3.76. The van der Waals surface area contributed by atoms with Crippen LogP contribution in [0.1, 0.15) is 24.2 Å². The highest BCUT2D eigenvalue weighted by molar-refractivity contribution is 6.00. The van der Waals surface area contributed by atoms with E-state index in [1.54, 1.807) is 19.2 Å². The Morgan fingerprint density at radius 3 is 2.50 bits per heavy atom. The van der Waals surface area contributed by atoms with Crippen molar-refractivity contribution in [2.45, 2.75) is 19.9 Å². The number of carbonyl (C=O) groups excluding carboxylic acids is 2. The summed E-state index contributed by atoms with van der Waals surface area (Å²) in [5.74, 6) is -0.752. The number of nitrogens with zero attached hydrogens (tertiary/aromatic N) is 1. The summed E-state index contributed by atoms with van der Waals surface area (Å²) in [6.07, 6.45) is 0. The number of nitrogens with one attached hydrogen (secondary N) is 1. The van der Waals surface area contributed by atoms with E-state index in [0.717, 1.165) is 5.69 Å². The average Bonchev–Trinajstić information content (AvgIpc) is 2.27. The van der Waals surface area contributed by atoms with Crippen molar-refractivity contribution in [3.63, 3.8) is 0 Å². The van der Waals surface area contributed by atoms with E-state index in [9.17, 15) is 9.59 Å². The maximum absolute atomic E-state index is 12.2. The zero-order valence-electron chi connectivity index (χ0n) is 10.9. The molecule has 1 aromatic rings. The smallest absolute Gasteiger partial charge is 0.256 e. The molecule has 1 aromatic carbocycles. The van der Waals surface area contributed by atoms with Crippen LogP contribution in [0.3, 0.4) is 0 Å². The number of hydrogen-bond donors (Lipinski definition) is 2. The van der Waals surface area contributed by atoms with Crippen LogP contribution in [-0.4, -0.2) is 36.3 Å². The molecule has 0 aliphatic rings. The Hall–Kier alpha value is -2.04. The molecular formula is C13H19N3O2. The maximum atomic E-state index is 12.2. The standard InChI is InChI=1S/C13H19N3O2/c1-9(2)15-11-7-5-4-6-10(11)13(18)16(3)8-12(14)17/h4-7,9,15H,8H2,1-3H3,(H2,14,17). The first-order valence-electron chi connectivity index (χ1n) is 5.81. The fraction of sp³-hybridized carbons (Fsp3) is 0.385. The van der Waals surface area contributed by atoms with Gasteiger partial charge < -0.3 is 16.0 Å². The largest absolute Gasteiger partial charge is 0.382 e. The van der Waals surface area contributed by atoms with Gasteiger partial charge >= 0.3 is 0 Å². The molecule has 1 rings (SSSR count). The second kappa shape index (κ2) is 6.05. The van der Waals surface area contributed by atoms with Crippen LogP contribution in [0.5, 0.6) is 0 Å². The molecule has 18 heavy (non-hydrogen) atoms. The molecule has 98 valence electrons. The number of anilines is 1. The molecule has 5 nitrogen and oxygen atoms in total. The zero-order chi connectivity index (χ0) is 13.7. The van der Waals surface area contributed by atoms with Gasteiger partial charge in [0.05, 0.1) is 12.1 Å². The Morgan fingerprint density at radius 1 is 1.33 bits per heavy atom. The summed E-state index contributed by atoms with van der Waals surface area (Å²) in [5, 5.41) is 3.20. The summed E-state index contributed by atoms with van der Waals surface area (Å²) >= 11 is 0. The van der Waals surface area contributed by atoms with Crippen molar-refractivity contribution < 1.29 is 9.59 Å². The topological polar surface area (TPSA) is 75.4 Å². The van der Waals surface area contributed by atoms with Gasteiger partial charge in [-0.25, -0.2) is 0 Å². The van der Waals surface area contributed by atoms with Gasteiger partial charge in [-0.15, -0.1) is 0 Å². The number of hydrogen-bond acceptors (Lipinski definition) is 3. The van der Waals surface area contributed by atoms with Crippen LogP contribution in [0.2, 0.25) is 0 Å². The van der Waals surface area contributed by atoms with E-state index >= 15 is 0 Å². The lowest BCUT2D eigenvalue weighted by Gasteiger charge is -2.19. The SMILES string of the molecule is CC(C)Nc1ccccc1C(=O)N(C)CC(N)=O. The number of para-hydroxylation sites is 1. The van der Waals surface area contributed by atoms with Crippen LogP contribution in [0.15, 0.2) is 24.3 Å². The molecule has 0 bridgehead atoms. The van der Waals surface area contributed by atoms with Crippen LogP contribution < -0.4 is 11.1 Å². The summed E-state index contributed by atoms with van der Waals surface area (Å²) in [7, 11) is 1.55. The second-order valence-electron chi connectivity index (χ2n) is 4.47. The quantitative estimate of drug-likeness (QED) is 0.819. The summed E-state index contributed by atoms with van der Waals surface area (Å²) in [5.41, 5.74) is 6.37. The van der Waals surface area contributed by atoms with Crippen molar-refractivity contribution >= 4 is 17.5 Å². The molecule has 0 saturated carbocycles. The summed E-state index contributed by atoms with van der Waals surface area (Å²) in [4.78, 5) is 24.3. The van der Waals surface area contributed by atoms with Crippen molar-refractivity contribution in [3.8, 4) is 0 Å². The number of rotatable bonds is 5. The first-order valence-corrected chi connectivity index (χ1v) is 5.81. The highest BCUT2D eigenvalue weighted by atomic mass is 16.2. The molecule has 0 spiro atoms. The Balaban J connectivity index is 2.94. The Kier molecular flexibility index (Phi) is 4.71. The van der Waals surface area contributed by atoms with Crippen LogP contribution in [-0.2, 0) is 4.79 Å². The van der Waals surface area contributed by atoms with Crippen LogP contribution in [0, 0.1) is 0 Å². The fourth-order valence-corrected chi connectivity index (χ4v) is 1.62. The molecule has 0 aromatic heterocycles. The van der Waals surface area contributed by atoms with Gasteiger partial charge in [0.15, 0.2) is 0 Å². The van der Waals surface area contributed by atoms with Crippen molar-refractivity contribution in [2.24, 2.45) is 5.73 Å². The Bertz CT molecular complexity index is 444. The molecule has 5 heteroatoms.